The summed E-state index contributed by atoms with van der Waals surface area (Å²) in [6.07, 6.45) is 2.68. The number of anilines is 2. The summed E-state index contributed by atoms with van der Waals surface area (Å²) in [6, 6.07) is 0. The van der Waals surface area contributed by atoms with Gasteiger partial charge in [0.1, 0.15) is 22.4 Å². The zero-order valence-corrected chi connectivity index (χ0v) is 13.6. The second kappa shape index (κ2) is 9.09. The lowest BCUT2D eigenvalue weighted by Gasteiger charge is -2.18. The molecule has 0 saturated heterocycles. The fourth-order valence-electron chi connectivity index (χ4n) is 1.83. The Balaban J connectivity index is 2.43. The van der Waals surface area contributed by atoms with Crippen molar-refractivity contribution in [3.8, 4) is 0 Å². The van der Waals surface area contributed by atoms with Crippen molar-refractivity contribution in [2.45, 2.75) is 27.2 Å². The van der Waals surface area contributed by atoms with Gasteiger partial charge in [-0.2, -0.15) is 0 Å². The van der Waals surface area contributed by atoms with Gasteiger partial charge in [0.05, 0.1) is 0 Å². The molecule has 0 saturated carbocycles. The van der Waals surface area contributed by atoms with Crippen molar-refractivity contribution in [2.24, 2.45) is 0 Å². The van der Waals surface area contributed by atoms with Gasteiger partial charge < -0.3 is 15.5 Å². The number of aromatic nitrogens is 2. The van der Waals surface area contributed by atoms with Crippen LogP contribution in [0.5, 0.6) is 0 Å². The zero-order valence-electron chi connectivity index (χ0n) is 12.0. The summed E-state index contributed by atoms with van der Waals surface area (Å²) in [5.74, 6) is 1.69. The van der Waals surface area contributed by atoms with E-state index in [-0.39, 0.29) is 0 Å². The minimum Gasteiger partial charge on any atom is -0.369 e. The van der Waals surface area contributed by atoms with Crippen LogP contribution >= 0.6 is 15.9 Å². The van der Waals surface area contributed by atoms with Crippen molar-refractivity contribution in [3.05, 3.63) is 10.8 Å². The molecule has 0 amide bonds. The van der Waals surface area contributed by atoms with Crippen LogP contribution in [0.1, 0.15) is 27.2 Å². The van der Waals surface area contributed by atoms with E-state index in [2.05, 4.69) is 55.3 Å². The monoisotopic (exact) mass is 329 g/mol. The maximum absolute atomic E-state index is 4.26. The van der Waals surface area contributed by atoms with Gasteiger partial charge in [0.25, 0.3) is 0 Å². The Labute approximate surface area is 124 Å². The number of halogens is 1. The first-order valence-corrected chi connectivity index (χ1v) is 7.72. The third kappa shape index (κ3) is 5.32. The number of hydrogen-bond acceptors (Lipinski definition) is 5. The van der Waals surface area contributed by atoms with Crippen LogP contribution < -0.4 is 10.6 Å². The van der Waals surface area contributed by atoms with E-state index in [1.807, 2.05) is 6.92 Å². The highest BCUT2D eigenvalue weighted by atomic mass is 79.9. The van der Waals surface area contributed by atoms with Crippen molar-refractivity contribution in [1.82, 2.24) is 14.9 Å². The molecule has 0 aliphatic carbocycles. The van der Waals surface area contributed by atoms with Crippen molar-refractivity contribution < 1.29 is 0 Å². The van der Waals surface area contributed by atoms with E-state index in [0.29, 0.717) is 0 Å². The van der Waals surface area contributed by atoms with Crippen molar-refractivity contribution in [1.29, 1.82) is 0 Å². The van der Waals surface area contributed by atoms with Crippen LogP contribution in [0.15, 0.2) is 10.8 Å². The standard InChI is InChI=1S/C13H24BrN5/c1-4-15-12-11(14)13(18-10-17-12)16-8-7-9-19(5-2)6-3/h10H,4-9H2,1-3H3,(H2,15,16,17,18). The molecule has 0 radical (unpaired) electrons. The molecule has 0 aliphatic heterocycles. The van der Waals surface area contributed by atoms with Gasteiger partial charge in [-0.15, -0.1) is 0 Å². The summed E-state index contributed by atoms with van der Waals surface area (Å²) < 4.78 is 0.902. The highest BCUT2D eigenvalue weighted by Crippen LogP contribution is 2.26. The van der Waals surface area contributed by atoms with E-state index in [1.54, 1.807) is 6.33 Å². The van der Waals surface area contributed by atoms with Gasteiger partial charge in [0.2, 0.25) is 0 Å². The minimum absolute atomic E-state index is 0.837. The molecule has 0 fully saturated rings. The number of rotatable bonds is 9. The third-order valence-electron chi connectivity index (χ3n) is 2.97. The van der Waals surface area contributed by atoms with E-state index in [0.717, 1.165) is 55.3 Å². The molecule has 2 N–H and O–H groups in total. The molecule has 0 spiro atoms. The molecule has 5 nitrogen and oxygen atoms in total. The van der Waals surface area contributed by atoms with Gasteiger partial charge in [-0.1, -0.05) is 13.8 Å². The second-order valence-corrected chi connectivity index (χ2v) is 5.02. The molecule has 1 rings (SSSR count). The van der Waals surface area contributed by atoms with Crippen molar-refractivity contribution >= 4 is 27.6 Å². The molecular formula is C13H24BrN5. The summed E-state index contributed by atoms with van der Waals surface area (Å²) in [5.41, 5.74) is 0. The maximum Gasteiger partial charge on any atom is 0.145 e. The smallest absolute Gasteiger partial charge is 0.145 e. The van der Waals surface area contributed by atoms with E-state index in [1.165, 1.54) is 0 Å². The minimum atomic E-state index is 0.837. The summed E-state index contributed by atoms with van der Waals surface area (Å²) >= 11 is 3.53. The van der Waals surface area contributed by atoms with Gasteiger partial charge in [-0.25, -0.2) is 9.97 Å². The average molecular weight is 330 g/mol. The number of hydrogen-bond donors (Lipinski definition) is 2. The van der Waals surface area contributed by atoms with Crippen molar-refractivity contribution in [3.63, 3.8) is 0 Å². The highest BCUT2D eigenvalue weighted by Gasteiger charge is 2.07. The number of nitrogens with zero attached hydrogens (tertiary/aromatic N) is 3. The van der Waals surface area contributed by atoms with Crippen LogP contribution in [0.4, 0.5) is 11.6 Å². The number of nitrogens with one attached hydrogen (secondary N) is 2. The first-order chi connectivity index (χ1) is 9.22. The average Bonchev–Trinajstić information content (AvgIpc) is 2.43. The molecule has 108 valence electrons. The van der Waals surface area contributed by atoms with Crippen LogP contribution in [-0.2, 0) is 0 Å². The van der Waals surface area contributed by atoms with Crippen LogP contribution in [0.25, 0.3) is 0 Å². The SMILES string of the molecule is CCNc1ncnc(NCCCN(CC)CC)c1Br. The first-order valence-electron chi connectivity index (χ1n) is 6.93. The van der Waals surface area contributed by atoms with Gasteiger partial charge in [0.15, 0.2) is 0 Å². The molecule has 19 heavy (non-hydrogen) atoms. The molecule has 0 aromatic carbocycles. The fraction of sp³-hybridized carbons (Fsp3) is 0.692. The normalized spacial score (nSPS) is 10.8. The molecule has 1 aromatic heterocycles. The fourth-order valence-corrected chi connectivity index (χ4v) is 2.32. The summed E-state index contributed by atoms with van der Waals surface area (Å²) in [7, 11) is 0. The molecule has 1 aromatic rings. The van der Waals surface area contributed by atoms with Gasteiger partial charge in [-0.05, 0) is 48.9 Å². The van der Waals surface area contributed by atoms with E-state index in [9.17, 15) is 0 Å². The molecule has 1 heterocycles. The van der Waals surface area contributed by atoms with Crippen molar-refractivity contribution in [2.75, 3.05) is 43.4 Å². The Morgan fingerprint density at radius 3 is 2.32 bits per heavy atom. The quantitative estimate of drug-likeness (QED) is 0.682. The largest absolute Gasteiger partial charge is 0.369 e. The topological polar surface area (TPSA) is 53.1 Å². The predicted octanol–water partition coefficient (Wildman–Crippen LogP) is 2.81. The molecule has 0 atom stereocenters. The Bertz CT molecular complexity index is 368. The lowest BCUT2D eigenvalue weighted by Crippen LogP contribution is -2.25. The molecule has 6 heteroatoms. The molecule has 0 unspecified atom stereocenters. The van der Waals surface area contributed by atoms with Crippen LogP contribution in [0.2, 0.25) is 0 Å². The zero-order chi connectivity index (χ0) is 14.1. The Morgan fingerprint density at radius 2 is 1.74 bits per heavy atom. The lowest BCUT2D eigenvalue weighted by molar-refractivity contribution is 0.303. The molecular weight excluding hydrogens is 306 g/mol. The lowest BCUT2D eigenvalue weighted by atomic mass is 10.3. The molecule has 0 aliphatic rings. The van der Waals surface area contributed by atoms with Crippen LogP contribution in [-0.4, -0.2) is 47.6 Å². The second-order valence-electron chi connectivity index (χ2n) is 4.22. The van der Waals surface area contributed by atoms with E-state index in [4.69, 9.17) is 0 Å². The maximum atomic E-state index is 4.26. The highest BCUT2D eigenvalue weighted by molar-refractivity contribution is 9.10. The molecule has 0 bridgehead atoms. The Hall–Kier alpha value is -0.880. The third-order valence-corrected chi connectivity index (χ3v) is 3.72. The van der Waals surface area contributed by atoms with E-state index < -0.39 is 0 Å². The van der Waals surface area contributed by atoms with Gasteiger partial charge in [-0.3, -0.25) is 0 Å². The predicted molar refractivity (Wildman–Crippen MR) is 84.8 cm³/mol. The first kappa shape index (κ1) is 16.2. The van der Waals surface area contributed by atoms with Gasteiger partial charge in [0, 0.05) is 13.1 Å². The van der Waals surface area contributed by atoms with E-state index >= 15 is 0 Å². The summed E-state index contributed by atoms with van der Waals surface area (Å²) in [5, 5.41) is 6.55. The summed E-state index contributed by atoms with van der Waals surface area (Å²) in [6.45, 7) is 11.5. The Kier molecular flexibility index (Phi) is 7.74. The van der Waals surface area contributed by atoms with Gasteiger partial charge >= 0.3 is 0 Å². The van der Waals surface area contributed by atoms with Crippen LogP contribution in [0, 0.1) is 0 Å². The Morgan fingerprint density at radius 1 is 1.11 bits per heavy atom. The summed E-state index contributed by atoms with van der Waals surface area (Å²) in [4.78, 5) is 10.9. The van der Waals surface area contributed by atoms with Crippen LogP contribution in [0.3, 0.4) is 0 Å².